The number of carbonyl (C=O) groups is 1. The summed E-state index contributed by atoms with van der Waals surface area (Å²) in [6, 6.07) is 4.91. The van der Waals surface area contributed by atoms with Gasteiger partial charge in [0.25, 0.3) is 0 Å². The summed E-state index contributed by atoms with van der Waals surface area (Å²) in [5.41, 5.74) is 0.587. The zero-order valence-electron chi connectivity index (χ0n) is 8.88. The number of benzene rings is 1. The maximum absolute atomic E-state index is 10.6. The predicted octanol–water partition coefficient (Wildman–Crippen LogP) is 1.92. The molecule has 0 heterocycles. The van der Waals surface area contributed by atoms with Crippen molar-refractivity contribution in [1.29, 1.82) is 0 Å². The summed E-state index contributed by atoms with van der Waals surface area (Å²) in [4.78, 5) is 10.6. The molecule has 84 valence electrons. The Balaban J connectivity index is 2.56. The minimum Gasteiger partial charge on any atom is -0.506 e. The van der Waals surface area contributed by atoms with Crippen LogP contribution in [0.4, 0.5) is 0 Å². The van der Waals surface area contributed by atoms with E-state index in [9.17, 15) is 9.90 Å². The van der Waals surface area contributed by atoms with Crippen molar-refractivity contribution in [3.8, 4) is 17.6 Å². The fourth-order valence-electron chi connectivity index (χ4n) is 1.08. The highest BCUT2D eigenvalue weighted by molar-refractivity contribution is 6.33. The molecule has 16 heavy (non-hydrogen) atoms. The van der Waals surface area contributed by atoms with Crippen molar-refractivity contribution in [3.63, 3.8) is 0 Å². The highest BCUT2D eigenvalue weighted by atomic mass is 35.5. The van der Waals surface area contributed by atoms with Crippen molar-refractivity contribution in [2.24, 2.45) is 0 Å². The van der Waals surface area contributed by atoms with E-state index in [1.165, 1.54) is 13.0 Å². The average molecular weight is 238 g/mol. The molecule has 1 rings (SSSR count). The van der Waals surface area contributed by atoms with Gasteiger partial charge < -0.3 is 10.4 Å². The largest absolute Gasteiger partial charge is 0.506 e. The zero-order valence-corrected chi connectivity index (χ0v) is 9.64. The van der Waals surface area contributed by atoms with Crippen LogP contribution in [0.3, 0.4) is 0 Å². The first-order valence-electron chi connectivity index (χ1n) is 4.82. The highest BCUT2D eigenvalue weighted by Crippen LogP contribution is 2.25. The van der Waals surface area contributed by atoms with Gasteiger partial charge in [-0.3, -0.25) is 4.79 Å². The van der Waals surface area contributed by atoms with Gasteiger partial charge in [0.15, 0.2) is 0 Å². The second-order valence-corrected chi connectivity index (χ2v) is 3.55. The molecule has 4 heteroatoms. The number of hydrogen-bond acceptors (Lipinski definition) is 2. The van der Waals surface area contributed by atoms with E-state index in [0.717, 1.165) is 0 Å². The molecule has 1 aromatic rings. The molecule has 0 unspecified atom stereocenters. The number of halogens is 1. The van der Waals surface area contributed by atoms with E-state index < -0.39 is 0 Å². The van der Waals surface area contributed by atoms with Crippen LogP contribution in [0.25, 0.3) is 0 Å². The second-order valence-electron chi connectivity index (χ2n) is 3.17. The van der Waals surface area contributed by atoms with Gasteiger partial charge in [0.1, 0.15) is 5.75 Å². The van der Waals surface area contributed by atoms with Gasteiger partial charge in [0.05, 0.1) is 5.02 Å². The smallest absolute Gasteiger partial charge is 0.216 e. The van der Waals surface area contributed by atoms with E-state index in [4.69, 9.17) is 11.6 Å². The van der Waals surface area contributed by atoms with Crippen molar-refractivity contribution in [3.05, 3.63) is 28.8 Å². The van der Waals surface area contributed by atoms with E-state index in [-0.39, 0.29) is 16.7 Å². The minimum atomic E-state index is -0.0720. The Kier molecular flexibility index (Phi) is 4.68. The van der Waals surface area contributed by atoms with Crippen molar-refractivity contribution < 1.29 is 9.90 Å². The third kappa shape index (κ3) is 3.84. The summed E-state index contributed by atoms with van der Waals surface area (Å²) in [6.07, 6.45) is 0.547. The van der Waals surface area contributed by atoms with E-state index in [2.05, 4.69) is 17.2 Å². The van der Waals surface area contributed by atoms with Crippen molar-refractivity contribution in [2.45, 2.75) is 13.3 Å². The first kappa shape index (κ1) is 12.4. The second kappa shape index (κ2) is 6.04. The lowest BCUT2D eigenvalue weighted by molar-refractivity contribution is -0.118. The summed E-state index contributed by atoms with van der Waals surface area (Å²) in [7, 11) is 0. The summed E-state index contributed by atoms with van der Waals surface area (Å²) < 4.78 is 0. The average Bonchev–Trinajstić information content (AvgIpc) is 2.23. The molecule has 0 spiro atoms. The number of carbonyl (C=O) groups excluding carboxylic acids is 1. The molecule has 1 aromatic carbocycles. The summed E-state index contributed by atoms with van der Waals surface area (Å²) >= 11 is 5.83. The first-order chi connectivity index (χ1) is 7.61. The van der Waals surface area contributed by atoms with Crippen LogP contribution >= 0.6 is 11.6 Å². The van der Waals surface area contributed by atoms with E-state index in [0.29, 0.717) is 18.5 Å². The lowest BCUT2D eigenvalue weighted by atomic mass is 10.2. The molecule has 0 bridgehead atoms. The minimum absolute atomic E-state index is 0.0235. The standard InChI is InChI=1S/C12H12ClNO2/c1-9(15)14-8-3-2-5-10-6-4-7-11(16)12(10)13/h4,6-7,16H,3,8H2,1H3,(H,14,15). The van der Waals surface area contributed by atoms with Gasteiger partial charge >= 0.3 is 0 Å². The van der Waals surface area contributed by atoms with E-state index in [1.807, 2.05) is 0 Å². The number of nitrogens with one attached hydrogen (secondary N) is 1. The van der Waals surface area contributed by atoms with Crippen LogP contribution < -0.4 is 5.32 Å². The van der Waals surface area contributed by atoms with Gasteiger partial charge in [-0.2, -0.15) is 0 Å². The van der Waals surface area contributed by atoms with Gasteiger partial charge in [-0.25, -0.2) is 0 Å². The van der Waals surface area contributed by atoms with Crippen molar-refractivity contribution in [2.75, 3.05) is 6.54 Å². The normalized spacial score (nSPS) is 9.12. The Bertz CT molecular complexity index is 446. The van der Waals surface area contributed by atoms with Gasteiger partial charge in [0.2, 0.25) is 5.91 Å². The number of phenols is 1. The first-order valence-corrected chi connectivity index (χ1v) is 5.20. The lowest BCUT2D eigenvalue weighted by Crippen LogP contribution is -2.20. The Morgan fingerprint density at radius 2 is 2.31 bits per heavy atom. The quantitative estimate of drug-likeness (QED) is 0.610. The van der Waals surface area contributed by atoms with E-state index >= 15 is 0 Å². The van der Waals surface area contributed by atoms with Gasteiger partial charge in [-0.05, 0) is 12.1 Å². The van der Waals surface area contributed by atoms with E-state index in [1.54, 1.807) is 12.1 Å². The topological polar surface area (TPSA) is 49.3 Å². The molecule has 0 saturated carbocycles. The third-order valence-corrected chi connectivity index (χ3v) is 2.22. The molecule has 1 amide bonds. The molecule has 2 N–H and O–H groups in total. The molecule has 0 aliphatic heterocycles. The Labute approximate surface area is 99.4 Å². The molecule has 3 nitrogen and oxygen atoms in total. The lowest BCUT2D eigenvalue weighted by Gasteiger charge is -1.98. The highest BCUT2D eigenvalue weighted by Gasteiger charge is 2.00. The maximum atomic E-state index is 10.6. The van der Waals surface area contributed by atoms with Crippen molar-refractivity contribution in [1.82, 2.24) is 5.32 Å². The molecule has 0 aromatic heterocycles. The molecular weight excluding hydrogens is 226 g/mol. The summed E-state index contributed by atoms with van der Waals surface area (Å²) in [5, 5.41) is 12.2. The third-order valence-electron chi connectivity index (χ3n) is 1.83. The van der Waals surface area contributed by atoms with Gasteiger partial charge in [-0.15, -0.1) is 0 Å². The van der Waals surface area contributed by atoms with Gasteiger partial charge in [-0.1, -0.05) is 29.5 Å². The van der Waals surface area contributed by atoms with Crippen LogP contribution in [0.15, 0.2) is 18.2 Å². The molecule has 0 atom stereocenters. The zero-order chi connectivity index (χ0) is 12.0. The molecular formula is C12H12ClNO2. The van der Waals surface area contributed by atoms with Crippen LogP contribution in [0.1, 0.15) is 18.9 Å². The maximum Gasteiger partial charge on any atom is 0.216 e. The number of hydrogen-bond donors (Lipinski definition) is 2. The van der Waals surface area contributed by atoms with Crippen molar-refractivity contribution >= 4 is 17.5 Å². The van der Waals surface area contributed by atoms with Crippen LogP contribution in [-0.4, -0.2) is 17.6 Å². The summed E-state index contributed by atoms with van der Waals surface area (Å²) in [5.74, 6) is 5.65. The molecule has 0 saturated heterocycles. The molecule has 0 radical (unpaired) electrons. The number of phenolic OH excluding ortho intramolecular Hbond substituents is 1. The number of rotatable bonds is 2. The number of aromatic hydroxyl groups is 1. The SMILES string of the molecule is CC(=O)NCCC#Cc1cccc(O)c1Cl. The Morgan fingerprint density at radius 3 is 3.00 bits per heavy atom. The molecule has 0 aliphatic rings. The Morgan fingerprint density at radius 1 is 1.56 bits per heavy atom. The predicted molar refractivity (Wildman–Crippen MR) is 63.3 cm³/mol. The van der Waals surface area contributed by atoms with Gasteiger partial charge in [0, 0.05) is 25.5 Å². The van der Waals surface area contributed by atoms with Crippen LogP contribution in [-0.2, 0) is 4.79 Å². The Hall–Kier alpha value is -1.66. The monoisotopic (exact) mass is 237 g/mol. The molecule has 0 fully saturated rings. The van der Waals surface area contributed by atoms with Crippen LogP contribution in [0.2, 0.25) is 5.02 Å². The fourth-order valence-corrected chi connectivity index (χ4v) is 1.25. The van der Waals surface area contributed by atoms with Crippen LogP contribution in [0, 0.1) is 11.8 Å². The summed E-state index contributed by atoms with van der Waals surface area (Å²) in [6.45, 7) is 1.97. The number of amides is 1. The molecule has 0 aliphatic carbocycles. The fraction of sp³-hybridized carbons (Fsp3) is 0.250. The van der Waals surface area contributed by atoms with Crippen LogP contribution in [0.5, 0.6) is 5.75 Å².